The molecule has 6 nitrogen and oxygen atoms in total. The van der Waals surface area contributed by atoms with E-state index < -0.39 is 11.7 Å². The predicted octanol–water partition coefficient (Wildman–Crippen LogP) is 1.14. The summed E-state index contributed by atoms with van der Waals surface area (Å²) < 4.78 is 14.1. The van der Waals surface area contributed by atoms with Gasteiger partial charge >= 0.3 is 0 Å². The van der Waals surface area contributed by atoms with Crippen molar-refractivity contribution in [1.82, 2.24) is 25.6 Å². The molecular weight excluding hydrogens is 285 g/mol. The van der Waals surface area contributed by atoms with E-state index in [9.17, 15) is 9.18 Å². The molecule has 1 aromatic heterocycles. The number of carbonyl (C=O) groups is 1. The molecule has 0 saturated carbocycles. The third-order valence-corrected chi connectivity index (χ3v) is 3.86. The molecule has 3 rings (SSSR count). The van der Waals surface area contributed by atoms with Gasteiger partial charge in [-0.15, -0.1) is 0 Å². The maximum Gasteiger partial charge on any atom is 0.256 e. The summed E-state index contributed by atoms with van der Waals surface area (Å²) in [5.74, 6) is -0.565. The van der Waals surface area contributed by atoms with Crippen LogP contribution in [-0.2, 0) is 0 Å². The van der Waals surface area contributed by atoms with Crippen LogP contribution in [0.25, 0.3) is 5.69 Å². The van der Waals surface area contributed by atoms with E-state index in [1.807, 2.05) is 0 Å². The fourth-order valence-corrected chi connectivity index (χ4v) is 2.66. The number of aromatic nitrogens is 3. The second-order valence-electron chi connectivity index (χ2n) is 5.36. The third kappa shape index (κ3) is 3.14. The molecule has 1 aromatic carbocycles. The highest BCUT2D eigenvalue weighted by molar-refractivity contribution is 5.97. The summed E-state index contributed by atoms with van der Waals surface area (Å²) in [5, 5.41) is 14.1. The predicted molar refractivity (Wildman–Crippen MR) is 79.2 cm³/mol. The molecule has 1 aliphatic heterocycles. The van der Waals surface area contributed by atoms with Crippen molar-refractivity contribution in [3.63, 3.8) is 0 Å². The van der Waals surface area contributed by atoms with E-state index in [-0.39, 0.29) is 5.56 Å². The normalized spacial score (nSPS) is 15.7. The molecule has 1 aliphatic rings. The molecule has 0 spiro atoms. The minimum absolute atomic E-state index is 0.0207. The van der Waals surface area contributed by atoms with E-state index >= 15 is 0 Å². The van der Waals surface area contributed by atoms with Gasteiger partial charge in [-0.1, -0.05) is 6.07 Å². The first-order chi connectivity index (χ1) is 10.8. The van der Waals surface area contributed by atoms with Crippen LogP contribution in [0.15, 0.2) is 30.6 Å². The average molecular weight is 303 g/mol. The standard InChI is InChI=1S/C15H18FN5O/c16-12-2-1-3-13(21-19-8-9-20-21)14(12)15(22)18-10-11-4-6-17-7-5-11/h1-3,8-9,11,17H,4-7,10H2,(H,18,22). The van der Waals surface area contributed by atoms with E-state index in [0.29, 0.717) is 18.2 Å². The number of halogens is 1. The van der Waals surface area contributed by atoms with Crippen molar-refractivity contribution in [3.05, 3.63) is 42.0 Å². The van der Waals surface area contributed by atoms with Crippen LogP contribution in [0.1, 0.15) is 23.2 Å². The first-order valence-electron chi connectivity index (χ1n) is 7.40. The summed E-state index contributed by atoms with van der Waals surface area (Å²) in [6.45, 7) is 2.48. The fourth-order valence-electron chi connectivity index (χ4n) is 2.66. The Morgan fingerprint density at radius 2 is 2.05 bits per heavy atom. The van der Waals surface area contributed by atoms with Gasteiger partial charge in [-0.2, -0.15) is 15.0 Å². The lowest BCUT2D eigenvalue weighted by Crippen LogP contribution is -2.36. The van der Waals surface area contributed by atoms with Crippen molar-refractivity contribution in [2.45, 2.75) is 12.8 Å². The van der Waals surface area contributed by atoms with E-state index in [1.54, 1.807) is 6.07 Å². The molecule has 2 aromatic rings. The summed E-state index contributed by atoms with van der Waals surface area (Å²) in [7, 11) is 0. The average Bonchev–Trinajstić information content (AvgIpc) is 3.07. The van der Waals surface area contributed by atoms with Crippen molar-refractivity contribution >= 4 is 5.91 Å². The maximum atomic E-state index is 14.1. The van der Waals surface area contributed by atoms with Gasteiger partial charge in [0.15, 0.2) is 0 Å². The smallest absolute Gasteiger partial charge is 0.256 e. The number of amides is 1. The van der Waals surface area contributed by atoms with Crippen LogP contribution in [0.2, 0.25) is 0 Å². The number of benzene rings is 1. The Kier molecular flexibility index (Phi) is 4.43. The largest absolute Gasteiger partial charge is 0.352 e. The van der Waals surface area contributed by atoms with Crippen molar-refractivity contribution in [2.24, 2.45) is 5.92 Å². The monoisotopic (exact) mass is 303 g/mol. The van der Waals surface area contributed by atoms with Gasteiger partial charge in [-0.25, -0.2) is 4.39 Å². The molecule has 0 atom stereocenters. The van der Waals surface area contributed by atoms with E-state index in [2.05, 4.69) is 20.8 Å². The molecule has 0 radical (unpaired) electrons. The molecule has 1 fully saturated rings. The lowest BCUT2D eigenvalue weighted by molar-refractivity contribution is 0.0940. The maximum absolute atomic E-state index is 14.1. The number of nitrogens with one attached hydrogen (secondary N) is 2. The number of hydrogen-bond donors (Lipinski definition) is 2. The van der Waals surface area contributed by atoms with Crippen LogP contribution in [0.3, 0.4) is 0 Å². The molecule has 0 aliphatic carbocycles. The Bertz CT molecular complexity index is 637. The molecule has 22 heavy (non-hydrogen) atoms. The Morgan fingerprint density at radius 3 is 2.77 bits per heavy atom. The second-order valence-corrected chi connectivity index (χ2v) is 5.36. The highest BCUT2D eigenvalue weighted by Gasteiger charge is 2.20. The Labute approximate surface area is 127 Å². The molecule has 1 saturated heterocycles. The molecule has 2 N–H and O–H groups in total. The molecule has 0 unspecified atom stereocenters. The van der Waals surface area contributed by atoms with Crippen LogP contribution in [0, 0.1) is 11.7 Å². The lowest BCUT2D eigenvalue weighted by Gasteiger charge is -2.23. The molecule has 116 valence electrons. The van der Waals surface area contributed by atoms with Gasteiger partial charge in [-0.05, 0) is 44.0 Å². The number of carbonyl (C=O) groups excluding carboxylic acids is 1. The van der Waals surface area contributed by atoms with Crippen LogP contribution in [-0.4, -0.2) is 40.5 Å². The highest BCUT2D eigenvalue weighted by Crippen LogP contribution is 2.17. The van der Waals surface area contributed by atoms with Gasteiger partial charge in [0.05, 0.1) is 12.4 Å². The number of rotatable bonds is 4. The zero-order chi connectivity index (χ0) is 15.4. The first kappa shape index (κ1) is 14.6. The Balaban J connectivity index is 1.77. The van der Waals surface area contributed by atoms with Crippen molar-refractivity contribution in [1.29, 1.82) is 0 Å². The number of piperidine rings is 1. The van der Waals surface area contributed by atoms with Gasteiger partial charge in [0, 0.05) is 6.54 Å². The van der Waals surface area contributed by atoms with Crippen LogP contribution >= 0.6 is 0 Å². The molecule has 7 heteroatoms. The Hall–Kier alpha value is -2.28. The van der Waals surface area contributed by atoms with Gasteiger partial charge < -0.3 is 10.6 Å². The Morgan fingerprint density at radius 1 is 1.32 bits per heavy atom. The van der Waals surface area contributed by atoms with Gasteiger partial charge in [0.25, 0.3) is 5.91 Å². The fraction of sp³-hybridized carbons (Fsp3) is 0.400. The molecular formula is C15H18FN5O. The summed E-state index contributed by atoms with van der Waals surface area (Å²) in [6.07, 6.45) is 5.01. The van der Waals surface area contributed by atoms with Crippen LogP contribution in [0.4, 0.5) is 4.39 Å². The molecule has 0 bridgehead atoms. The number of hydrogen-bond acceptors (Lipinski definition) is 4. The topological polar surface area (TPSA) is 71.8 Å². The van der Waals surface area contributed by atoms with E-state index in [1.165, 1.54) is 29.3 Å². The molecule has 1 amide bonds. The minimum atomic E-state index is -0.572. The highest BCUT2D eigenvalue weighted by atomic mass is 19.1. The van der Waals surface area contributed by atoms with Gasteiger partial charge in [-0.3, -0.25) is 4.79 Å². The summed E-state index contributed by atoms with van der Waals surface area (Å²) in [5.41, 5.74) is 0.320. The number of nitrogens with zero attached hydrogens (tertiary/aromatic N) is 3. The zero-order valence-corrected chi connectivity index (χ0v) is 12.1. The second kappa shape index (κ2) is 6.65. The third-order valence-electron chi connectivity index (χ3n) is 3.86. The van der Waals surface area contributed by atoms with Crippen molar-refractivity contribution in [3.8, 4) is 5.69 Å². The van der Waals surface area contributed by atoms with Crippen molar-refractivity contribution in [2.75, 3.05) is 19.6 Å². The van der Waals surface area contributed by atoms with Crippen LogP contribution in [0.5, 0.6) is 0 Å². The van der Waals surface area contributed by atoms with Crippen LogP contribution < -0.4 is 10.6 Å². The van der Waals surface area contributed by atoms with Gasteiger partial charge in [0.2, 0.25) is 0 Å². The SMILES string of the molecule is O=C(NCC1CCNCC1)c1c(F)cccc1-n1nccn1. The molecule has 2 heterocycles. The lowest BCUT2D eigenvalue weighted by atomic mass is 9.98. The zero-order valence-electron chi connectivity index (χ0n) is 12.1. The van der Waals surface area contributed by atoms with Gasteiger partial charge in [0.1, 0.15) is 17.1 Å². The first-order valence-corrected chi connectivity index (χ1v) is 7.40. The minimum Gasteiger partial charge on any atom is -0.352 e. The summed E-state index contributed by atoms with van der Waals surface area (Å²) in [4.78, 5) is 13.6. The van der Waals surface area contributed by atoms with E-state index in [4.69, 9.17) is 0 Å². The van der Waals surface area contributed by atoms with Crippen molar-refractivity contribution < 1.29 is 9.18 Å². The summed E-state index contributed by atoms with van der Waals surface area (Å²) >= 11 is 0. The summed E-state index contributed by atoms with van der Waals surface area (Å²) in [6, 6.07) is 4.44. The van der Waals surface area contributed by atoms with E-state index in [0.717, 1.165) is 25.9 Å². The quantitative estimate of drug-likeness (QED) is 0.888.